The van der Waals surface area contributed by atoms with Crippen LogP contribution >= 0.6 is 0 Å². The van der Waals surface area contributed by atoms with Crippen molar-refractivity contribution in [2.45, 2.75) is 27.0 Å². The molecule has 0 saturated carbocycles. The Morgan fingerprint density at radius 3 is 2.65 bits per heavy atom. The van der Waals surface area contributed by atoms with E-state index in [4.69, 9.17) is 10.5 Å². The number of ether oxygens (including phenoxy) is 1. The molecule has 2 rings (SSSR count). The molecule has 1 aromatic carbocycles. The monoisotopic (exact) mass is 270 g/mol. The first-order chi connectivity index (χ1) is 9.61. The first-order valence-electron chi connectivity index (χ1n) is 6.55. The molecule has 1 aromatic heterocycles. The molecule has 0 atom stereocenters. The van der Waals surface area contributed by atoms with Gasteiger partial charge in [0.2, 0.25) is 0 Å². The van der Waals surface area contributed by atoms with Crippen molar-refractivity contribution in [2.75, 3.05) is 5.73 Å². The molecule has 2 N–H and O–H groups in total. The lowest BCUT2D eigenvalue weighted by molar-refractivity contribution is 0.287. The van der Waals surface area contributed by atoms with Gasteiger partial charge in [-0.25, -0.2) is 4.68 Å². The van der Waals surface area contributed by atoms with Crippen LogP contribution in [0.25, 0.3) is 0 Å². The van der Waals surface area contributed by atoms with Crippen LogP contribution in [0.4, 0.5) is 5.82 Å². The van der Waals surface area contributed by atoms with Gasteiger partial charge in [-0.05, 0) is 11.5 Å². The molecule has 5 heteroatoms. The normalized spacial score (nSPS) is 10.5. The average molecular weight is 270 g/mol. The Hall–Kier alpha value is -2.48. The van der Waals surface area contributed by atoms with E-state index in [1.165, 1.54) is 0 Å². The molecule has 104 valence electrons. The third kappa shape index (κ3) is 3.09. The van der Waals surface area contributed by atoms with E-state index >= 15 is 0 Å². The molecule has 0 aliphatic carbocycles. The second kappa shape index (κ2) is 6.11. The molecule has 2 aromatic rings. The van der Waals surface area contributed by atoms with E-state index in [0.29, 0.717) is 36.3 Å². The fourth-order valence-electron chi connectivity index (χ4n) is 1.87. The van der Waals surface area contributed by atoms with Gasteiger partial charge < -0.3 is 10.5 Å². The van der Waals surface area contributed by atoms with Crippen molar-refractivity contribution in [3.8, 4) is 11.9 Å². The van der Waals surface area contributed by atoms with Crippen molar-refractivity contribution in [1.29, 1.82) is 5.26 Å². The zero-order valence-electron chi connectivity index (χ0n) is 11.7. The number of nitriles is 1. The molecule has 0 aliphatic heterocycles. The van der Waals surface area contributed by atoms with Crippen molar-refractivity contribution in [3.63, 3.8) is 0 Å². The number of rotatable bonds is 5. The highest BCUT2D eigenvalue weighted by atomic mass is 16.5. The van der Waals surface area contributed by atoms with E-state index in [0.717, 1.165) is 5.56 Å². The quantitative estimate of drug-likeness (QED) is 0.905. The Labute approximate surface area is 118 Å². The van der Waals surface area contributed by atoms with Crippen LogP contribution in [0, 0.1) is 17.2 Å². The molecule has 0 fully saturated rings. The minimum absolute atomic E-state index is 0.300. The summed E-state index contributed by atoms with van der Waals surface area (Å²) in [6.07, 6.45) is 0. The van der Waals surface area contributed by atoms with Crippen LogP contribution in [0.3, 0.4) is 0 Å². The molecule has 20 heavy (non-hydrogen) atoms. The summed E-state index contributed by atoms with van der Waals surface area (Å²) < 4.78 is 7.25. The smallest absolute Gasteiger partial charge is 0.253 e. The lowest BCUT2D eigenvalue weighted by Crippen LogP contribution is -2.09. The Bertz CT molecular complexity index is 611. The summed E-state index contributed by atoms with van der Waals surface area (Å²) in [6.45, 7) is 5.16. The van der Waals surface area contributed by atoms with Crippen LogP contribution in [0.15, 0.2) is 30.3 Å². The minimum Gasteiger partial charge on any atom is -0.471 e. The second-order valence-corrected chi connectivity index (χ2v) is 5.03. The average Bonchev–Trinajstić information content (AvgIpc) is 2.73. The molecule has 0 spiro atoms. The highest BCUT2D eigenvalue weighted by Crippen LogP contribution is 2.24. The van der Waals surface area contributed by atoms with Gasteiger partial charge >= 0.3 is 0 Å². The maximum atomic E-state index is 9.18. The lowest BCUT2D eigenvalue weighted by Gasteiger charge is -2.06. The summed E-state index contributed by atoms with van der Waals surface area (Å²) in [7, 11) is 0. The number of nitrogens with zero attached hydrogens (tertiary/aromatic N) is 3. The fraction of sp³-hybridized carbons (Fsp3) is 0.333. The van der Waals surface area contributed by atoms with E-state index in [9.17, 15) is 5.26 Å². The Kier molecular flexibility index (Phi) is 4.26. The fourth-order valence-corrected chi connectivity index (χ4v) is 1.87. The molecule has 0 saturated heterocycles. The summed E-state index contributed by atoms with van der Waals surface area (Å²) in [4.78, 5) is 0. The first kappa shape index (κ1) is 13.9. The molecular weight excluding hydrogens is 252 g/mol. The van der Waals surface area contributed by atoms with Crippen LogP contribution in [-0.4, -0.2) is 9.78 Å². The maximum Gasteiger partial charge on any atom is 0.253 e. The number of hydrogen-bond acceptors (Lipinski definition) is 4. The van der Waals surface area contributed by atoms with Gasteiger partial charge in [-0.2, -0.15) is 5.26 Å². The zero-order chi connectivity index (χ0) is 14.5. The van der Waals surface area contributed by atoms with E-state index in [1.807, 2.05) is 30.3 Å². The molecule has 1 heterocycles. The topological polar surface area (TPSA) is 76.9 Å². The Morgan fingerprint density at radius 2 is 2.05 bits per heavy atom. The van der Waals surface area contributed by atoms with E-state index in [-0.39, 0.29) is 0 Å². The maximum absolute atomic E-state index is 9.18. The van der Waals surface area contributed by atoms with Gasteiger partial charge in [0, 0.05) is 6.54 Å². The van der Waals surface area contributed by atoms with Crippen molar-refractivity contribution < 1.29 is 4.74 Å². The van der Waals surface area contributed by atoms with Crippen LogP contribution in [0.1, 0.15) is 25.0 Å². The number of nitrogen functional groups attached to an aromatic ring is 1. The molecule has 0 unspecified atom stereocenters. The summed E-state index contributed by atoms with van der Waals surface area (Å²) in [5.74, 6) is 1.06. The SMILES string of the molecule is CC(C)Cn1nc(OCc2ccccc2)c(C#N)c1N. The van der Waals surface area contributed by atoms with Gasteiger partial charge in [-0.1, -0.05) is 44.2 Å². The largest absolute Gasteiger partial charge is 0.471 e. The number of anilines is 1. The number of aromatic nitrogens is 2. The van der Waals surface area contributed by atoms with Gasteiger partial charge in [0.1, 0.15) is 18.5 Å². The summed E-state index contributed by atoms with van der Waals surface area (Å²) in [5, 5.41) is 13.5. The first-order valence-corrected chi connectivity index (χ1v) is 6.55. The van der Waals surface area contributed by atoms with E-state index in [2.05, 4.69) is 25.0 Å². The minimum atomic E-state index is 0.300. The molecule has 0 radical (unpaired) electrons. The van der Waals surface area contributed by atoms with Gasteiger partial charge in [-0.3, -0.25) is 0 Å². The predicted molar refractivity (Wildman–Crippen MR) is 77.0 cm³/mol. The van der Waals surface area contributed by atoms with Crippen molar-refractivity contribution in [3.05, 3.63) is 41.5 Å². The van der Waals surface area contributed by atoms with Crippen LogP contribution < -0.4 is 10.5 Å². The summed E-state index contributed by atoms with van der Waals surface area (Å²) in [5.41, 5.74) is 7.26. The number of nitrogens with two attached hydrogens (primary N) is 1. The van der Waals surface area contributed by atoms with Crippen LogP contribution in [-0.2, 0) is 13.2 Å². The Balaban J connectivity index is 2.17. The van der Waals surface area contributed by atoms with E-state index in [1.54, 1.807) is 4.68 Å². The highest BCUT2D eigenvalue weighted by Gasteiger charge is 2.17. The van der Waals surface area contributed by atoms with Crippen molar-refractivity contribution >= 4 is 5.82 Å². The van der Waals surface area contributed by atoms with Crippen molar-refractivity contribution in [1.82, 2.24) is 9.78 Å². The van der Waals surface area contributed by atoms with Gasteiger partial charge in [0.05, 0.1) is 0 Å². The third-order valence-corrected chi connectivity index (χ3v) is 2.83. The molecule has 0 aliphatic rings. The standard InChI is InChI=1S/C15H18N4O/c1-11(2)9-19-14(17)13(8-16)15(18-19)20-10-12-6-4-3-5-7-12/h3-7,11H,9-10,17H2,1-2H3. The third-order valence-electron chi connectivity index (χ3n) is 2.83. The van der Waals surface area contributed by atoms with E-state index < -0.39 is 0 Å². The second-order valence-electron chi connectivity index (χ2n) is 5.03. The number of benzene rings is 1. The number of hydrogen-bond donors (Lipinski definition) is 1. The molecule has 0 amide bonds. The summed E-state index contributed by atoms with van der Waals surface area (Å²) in [6, 6.07) is 11.8. The van der Waals surface area contributed by atoms with Crippen LogP contribution in [0.5, 0.6) is 5.88 Å². The highest BCUT2D eigenvalue weighted by molar-refractivity contribution is 5.55. The summed E-state index contributed by atoms with van der Waals surface area (Å²) >= 11 is 0. The molecule has 5 nitrogen and oxygen atoms in total. The Morgan fingerprint density at radius 1 is 1.35 bits per heavy atom. The van der Waals surface area contributed by atoms with Crippen LogP contribution in [0.2, 0.25) is 0 Å². The zero-order valence-corrected chi connectivity index (χ0v) is 11.7. The van der Waals surface area contributed by atoms with Gasteiger partial charge in [0.25, 0.3) is 5.88 Å². The van der Waals surface area contributed by atoms with Crippen molar-refractivity contribution in [2.24, 2.45) is 5.92 Å². The molecule has 0 bridgehead atoms. The van der Waals surface area contributed by atoms with Gasteiger partial charge in [0.15, 0.2) is 5.56 Å². The molecular formula is C15H18N4O. The predicted octanol–water partition coefficient (Wildman–Crippen LogP) is 2.57. The lowest BCUT2D eigenvalue weighted by atomic mass is 10.2. The van der Waals surface area contributed by atoms with Gasteiger partial charge in [-0.15, -0.1) is 5.10 Å².